The molecule has 0 saturated heterocycles. The molecule has 2 rings (SSSR count). The topological polar surface area (TPSA) is 17.1 Å². The van der Waals surface area contributed by atoms with Crippen LogP contribution in [0.25, 0.3) is 10.8 Å². The monoisotopic (exact) mass is 224 g/mol. The van der Waals surface area contributed by atoms with Crippen molar-refractivity contribution in [3.05, 3.63) is 42.0 Å². The van der Waals surface area contributed by atoms with E-state index in [-0.39, 0.29) is 0 Å². The van der Waals surface area contributed by atoms with Gasteiger partial charge in [0.05, 0.1) is 4.90 Å². The van der Waals surface area contributed by atoms with Gasteiger partial charge in [-0.25, -0.2) is 4.21 Å². The summed E-state index contributed by atoms with van der Waals surface area (Å²) in [6.45, 7) is 1.92. The highest BCUT2D eigenvalue weighted by atomic mass is 35.7. The van der Waals surface area contributed by atoms with Crippen LogP contribution in [0.4, 0.5) is 0 Å². The molecule has 1 unspecified atom stereocenters. The van der Waals surface area contributed by atoms with E-state index in [9.17, 15) is 4.21 Å². The largest absolute Gasteiger partial charge is 0.237 e. The molecule has 0 amide bonds. The SMILES string of the molecule is Cc1ccc2ccccc2c1S(=O)Cl. The molecule has 72 valence electrons. The van der Waals surface area contributed by atoms with Gasteiger partial charge in [-0.15, -0.1) is 0 Å². The minimum absolute atomic E-state index is 0.727. The van der Waals surface area contributed by atoms with Crippen molar-refractivity contribution >= 4 is 31.5 Å². The van der Waals surface area contributed by atoms with Gasteiger partial charge in [0.1, 0.15) is 10.0 Å². The van der Waals surface area contributed by atoms with Gasteiger partial charge in [0.25, 0.3) is 0 Å². The standard InChI is InChI=1S/C11H9ClOS/c1-8-6-7-9-4-2-3-5-10(9)11(8)14(12)13/h2-7H,1H3. The van der Waals surface area contributed by atoms with Crippen molar-refractivity contribution in [2.75, 3.05) is 0 Å². The molecule has 0 bridgehead atoms. The van der Waals surface area contributed by atoms with Gasteiger partial charge in [0.2, 0.25) is 0 Å². The summed E-state index contributed by atoms with van der Waals surface area (Å²) < 4.78 is 11.4. The molecule has 0 saturated carbocycles. The zero-order chi connectivity index (χ0) is 10.1. The second-order valence-electron chi connectivity index (χ2n) is 3.16. The molecule has 2 aromatic rings. The number of halogens is 1. The number of hydrogen-bond donors (Lipinski definition) is 0. The van der Waals surface area contributed by atoms with Crippen LogP contribution in [0.5, 0.6) is 0 Å². The summed E-state index contributed by atoms with van der Waals surface area (Å²) in [6.07, 6.45) is 0. The maximum Gasteiger partial charge on any atom is 0.148 e. The van der Waals surface area contributed by atoms with Gasteiger partial charge in [0, 0.05) is 0 Å². The van der Waals surface area contributed by atoms with Crippen LogP contribution in [0.15, 0.2) is 41.3 Å². The molecular formula is C11H9ClOS. The summed E-state index contributed by atoms with van der Waals surface area (Å²) in [6, 6.07) is 11.8. The lowest BCUT2D eigenvalue weighted by molar-refractivity contribution is 0.691. The summed E-state index contributed by atoms with van der Waals surface area (Å²) in [5.74, 6) is 0. The molecule has 0 aromatic heterocycles. The van der Waals surface area contributed by atoms with E-state index in [0.717, 1.165) is 21.2 Å². The number of fused-ring (bicyclic) bond motifs is 1. The fourth-order valence-electron chi connectivity index (χ4n) is 1.57. The third kappa shape index (κ3) is 1.56. The van der Waals surface area contributed by atoms with Crippen molar-refractivity contribution in [2.45, 2.75) is 11.8 Å². The van der Waals surface area contributed by atoms with E-state index in [0.29, 0.717) is 0 Å². The molecule has 0 spiro atoms. The minimum atomic E-state index is -1.44. The van der Waals surface area contributed by atoms with Crippen molar-refractivity contribution in [1.29, 1.82) is 0 Å². The van der Waals surface area contributed by atoms with E-state index >= 15 is 0 Å². The maximum atomic E-state index is 11.4. The summed E-state index contributed by atoms with van der Waals surface area (Å²) in [5.41, 5.74) is 0.969. The Bertz CT molecular complexity index is 508. The van der Waals surface area contributed by atoms with E-state index in [4.69, 9.17) is 10.7 Å². The zero-order valence-corrected chi connectivity index (χ0v) is 9.23. The third-order valence-electron chi connectivity index (χ3n) is 2.24. The summed E-state index contributed by atoms with van der Waals surface area (Å²) >= 11 is 0. The Balaban J connectivity index is 2.90. The Morgan fingerprint density at radius 1 is 1.14 bits per heavy atom. The van der Waals surface area contributed by atoms with Gasteiger partial charge in [-0.1, -0.05) is 36.4 Å². The van der Waals surface area contributed by atoms with E-state index in [2.05, 4.69) is 0 Å². The molecule has 0 radical (unpaired) electrons. The van der Waals surface area contributed by atoms with Crippen LogP contribution in [0.2, 0.25) is 0 Å². The number of rotatable bonds is 1. The molecule has 1 atom stereocenters. The number of benzene rings is 2. The molecule has 3 heteroatoms. The van der Waals surface area contributed by atoms with Gasteiger partial charge in [-0.3, -0.25) is 0 Å². The van der Waals surface area contributed by atoms with Gasteiger partial charge in [-0.2, -0.15) is 0 Å². The smallest absolute Gasteiger partial charge is 0.148 e. The average Bonchev–Trinajstić information content (AvgIpc) is 2.17. The fourth-order valence-corrected chi connectivity index (χ4v) is 2.86. The van der Waals surface area contributed by atoms with E-state index in [1.165, 1.54) is 0 Å². The number of hydrogen-bond acceptors (Lipinski definition) is 1. The first kappa shape index (κ1) is 9.69. The van der Waals surface area contributed by atoms with Crippen LogP contribution in [-0.4, -0.2) is 4.21 Å². The Labute approximate surface area is 89.7 Å². The predicted octanol–water partition coefficient (Wildman–Crippen LogP) is 3.41. The number of aryl methyl sites for hydroxylation is 1. The lowest BCUT2D eigenvalue weighted by atomic mass is 10.1. The maximum absolute atomic E-state index is 11.4. The van der Waals surface area contributed by atoms with Crippen LogP contribution in [-0.2, 0) is 10.0 Å². The van der Waals surface area contributed by atoms with Crippen LogP contribution in [0.3, 0.4) is 0 Å². The summed E-state index contributed by atoms with van der Waals surface area (Å²) in [7, 11) is 4.22. The van der Waals surface area contributed by atoms with Crippen molar-refractivity contribution in [1.82, 2.24) is 0 Å². The molecule has 2 aromatic carbocycles. The molecule has 1 nitrogen and oxygen atoms in total. The lowest BCUT2D eigenvalue weighted by Gasteiger charge is -2.05. The summed E-state index contributed by atoms with van der Waals surface area (Å²) in [4.78, 5) is 0.727. The van der Waals surface area contributed by atoms with Crippen LogP contribution >= 0.6 is 10.7 Å². The molecule has 0 heterocycles. The Morgan fingerprint density at radius 2 is 1.86 bits per heavy atom. The van der Waals surface area contributed by atoms with Crippen molar-refractivity contribution in [3.8, 4) is 0 Å². The van der Waals surface area contributed by atoms with Crippen molar-refractivity contribution in [3.63, 3.8) is 0 Å². The van der Waals surface area contributed by atoms with Crippen LogP contribution < -0.4 is 0 Å². The van der Waals surface area contributed by atoms with Crippen LogP contribution in [0, 0.1) is 6.92 Å². The highest BCUT2D eigenvalue weighted by Gasteiger charge is 2.08. The molecule has 0 aliphatic carbocycles. The third-order valence-corrected chi connectivity index (χ3v) is 3.56. The van der Waals surface area contributed by atoms with Crippen LogP contribution in [0.1, 0.15) is 5.56 Å². The quantitative estimate of drug-likeness (QED) is 0.679. The summed E-state index contributed by atoms with van der Waals surface area (Å²) in [5, 5.41) is 2.04. The Morgan fingerprint density at radius 3 is 2.57 bits per heavy atom. The molecular weight excluding hydrogens is 216 g/mol. The predicted molar refractivity (Wildman–Crippen MR) is 60.9 cm³/mol. The van der Waals surface area contributed by atoms with Crippen molar-refractivity contribution in [2.24, 2.45) is 0 Å². The lowest BCUT2D eigenvalue weighted by Crippen LogP contribution is -1.89. The minimum Gasteiger partial charge on any atom is -0.237 e. The average molecular weight is 225 g/mol. The normalized spacial score (nSPS) is 13.0. The second kappa shape index (κ2) is 3.71. The molecule has 0 fully saturated rings. The fraction of sp³-hybridized carbons (Fsp3) is 0.0909. The Kier molecular flexibility index (Phi) is 2.57. The van der Waals surface area contributed by atoms with E-state index in [1.807, 2.05) is 43.3 Å². The van der Waals surface area contributed by atoms with Crippen molar-refractivity contribution < 1.29 is 4.21 Å². The van der Waals surface area contributed by atoms with Gasteiger partial charge in [-0.05, 0) is 33.9 Å². The van der Waals surface area contributed by atoms with E-state index in [1.54, 1.807) is 0 Å². The van der Waals surface area contributed by atoms with Gasteiger partial charge in [0.15, 0.2) is 0 Å². The zero-order valence-electron chi connectivity index (χ0n) is 7.66. The first-order chi connectivity index (χ1) is 6.70. The molecule has 0 aliphatic heterocycles. The molecule has 0 N–H and O–H groups in total. The molecule has 0 aliphatic rings. The second-order valence-corrected chi connectivity index (χ2v) is 4.85. The Hall–Kier alpha value is -0.860. The van der Waals surface area contributed by atoms with E-state index < -0.39 is 10.0 Å². The first-order valence-corrected chi connectivity index (χ1v) is 6.24. The molecule has 14 heavy (non-hydrogen) atoms. The first-order valence-electron chi connectivity index (χ1n) is 4.26. The van der Waals surface area contributed by atoms with Gasteiger partial charge < -0.3 is 0 Å². The highest BCUT2D eigenvalue weighted by molar-refractivity contribution is 8.08. The highest BCUT2D eigenvalue weighted by Crippen LogP contribution is 2.26. The van der Waals surface area contributed by atoms with Gasteiger partial charge >= 0.3 is 0 Å².